The summed E-state index contributed by atoms with van der Waals surface area (Å²) in [5, 5.41) is 9.44. The van der Waals surface area contributed by atoms with Crippen molar-refractivity contribution >= 4 is 5.97 Å². The van der Waals surface area contributed by atoms with Gasteiger partial charge < -0.3 is 9.84 Å². The average Bonchev–Trinajstić information content (AvgIpc) is 2.45. The van der Waals surface area contributed by atoms with Gasteiger partial charge in [-0.15, -0.1) is 0 Å². The summed E-state index contributed by atoms with van der Waals surface area (Å²) >= 11 is 0. The minimum Gasteiger partial charge on any atom is -0.466 e. The van der Waals surface area contributed by atoms with Gasteiger partial charge in [0, 0.05) is 18.1 Å². The SMILES string of the molecule is COC(=O)C1=C[C@H]2C(=C(C)CC[C@H]2[C@H](C)CO)CC1. The van der Waals surface area contributed by atoms with Crippen molar-refractivity contribution in [2.45, 2.75) is 39.5 Å². The van der Waals surface area contributed by atoms with Crippen LogP contribution in [-0.2, 0) is 9.53 Å². The van der Waals surface area contributed by atoms with Gasteiger partial charge in [0.1, 0.15) is 0 Å². The van der Waals surface area contributed by atoms with E-state index in [1.807, 2.05) is 0 Å². The maximum atomic E-state index is 11.7. The Bertz CT molecular complexity index is 420. The highest BCUT2D eigenvalue weighted by molar-refractivity contribution is 5.88. The highest BCUT2D eigenvalue weighted by Gasteiger charge is 2.35. The molecule has 0 bridgehead atoms. The van der Waals surface area contributed by atoms with E-state index >= 15 is 0 Å². The molecule has 0 fully saturated rings. The molecule has 0 unspecified atom stereocenters. The van der Waals surface area contributed by atoms with Gasteiger partial charge >= 0.3 is 5.97 Å². The summed E-state index contributed by atoms with van der Waals surface area (Å²) in [6.07, 6.45) is 6.08. The van der Waals surface area contributed by atoms with E-state index in [1.165, 1.54) is 18.3 Å². The van der Waals surface area contributed by atoms with E-state index in [0.29, 0.717) is 11.8 Å². The van der Waals surface area contributed by atoms with Gasteiger partial charge in [0.05, 0.1) is 7.11 Å². The zero-order chi connectivity index (χ0) is 14.0. The molecule has 2 rings (SSSR count). The minimum atomic E-state index is -0.197. The standard InChI is InChI=1S/C16H24O3/c1-10-4-6-14(11(2)9-17)15-8-12(16(18)19-3)5-7-13(10)15/h8,11,14-15,17H,4-7,9H2,1-3H3/t11-,14+,15+/m1/s1. The summed E-state index contributed by atoms with van der Waals surface area (Å²) in [7, 11) is 1.44. The molecule has 2 aliphatic rings. The van der Waals surface area contributed by atoms with E-state index in [0.717, 1.165) is 31.3 Å². The van der Waals surface area contributed by atoms with Crippen molar-refractivity contribution in [1.29, 1.82) is 0 Å². The van der Waals surface area contributed by atoms with Crippen LogP contribution in [0.3, 0.4) is 0 Å². The molecule has 0 aromatic heterocycles. The molecule has 2 aliphatic carbocycles. The van der Waals surface area contributed by atoms with Crippen molar-refractivity contribution in [3.63, 3.8) is 0 Å². The third kappa shape index (κ3) is 2.76. The van der Waals surface area contributed by atoms with Crippen molar-refractivity contribution in [2.24, 2.45) is 17.8 Å². The number of allylic oxidation sites excluding steroid dienone is 3. The van der Waals surface area contributed by atoms with Crippen LogP contribution in [0.15, 0.2) is 22.8 Å². The summed E-state index contributed by atoms with van der Waals surface area (Å²) in [5.41, 5.74) is 3.77. The van der Waals surface area contributed by atoms with Crippen LogP contribution in [0.25, 0.3) is 0 Å². The van der Waals surface area contributed by atoms with Crippen LogP contribution in [0, 0.1) is 17.8 Å². The molecule has 1 N–H and O–H groups in total. The number of rotatable bonds is 3. The first-order valence-electron chi connectivity index (χ1n) is 7.16. The third-order valence-electron chi connectivity index (χ3n) is 4.78. The second-order valence-corrected chi connectivity index (χ2v) is 5.88. The number of aliphatic hydroxyl groups is 1. The number of carbonyl (C=O) groups is 1. The lowest BCUT2D eigenvalue weighted by atomic mass is 9.66. The molecule has 3 heteroatoms. The molecule has 106 valence electrons. The lowest BCUT2D eigenvalue weighted by molar-refractivity contribution is -0.136. The Kier molecular flexibility index (Phi) is 4.46. The molecular weight excluding hydrogens is 240 g/mol. The molecule has 0 amide bonds. The van der Waals surface area contributed by atoms with E-state index in [9.17, 15) is 9.90 Å². The fourth-order valence-corrected chi connectivity index (χ4v) is 3.51. The molecule has 0 saturated carbocycles. The third-order valence-corrected chi connectivity index (χ3v) is 4.78. The van der Waals surface area contributed by atoms with Crippen molar-refractivity contribution in [3.8, 4) is 0 Å². The van der Waals surface area contributed by atoms with E-state index in [2.05, 4.69) is 19.9 Å². The summed E-state index contributed by atoms with van der Waals surface area (Å²) < 4.78 is 4.85. The summed E-state index contributed by atoms with van der Waals surface area (Å²) in [4.78, 5) is 11.7. The van der Waals surface area contributed by atoms with Crippen LogP contribution < -0.4 is 0 Å². The van der Waals surface area contributed by atoms with Gasteiger partial charge in [-0.1, -0.05) is 24.1 Å². The Balaban J connectivity index is 2.32. The maximum Gasteiger partial charge on any atom is 0.333 e. The maximum absolute atomic E-state index is 11.7. The van der Waals surface area contributed by atoms with E-state index in [1.54, 1.807) is 0 Å². The first-order chi connectivity index (χ1) is 9.08. The number of ether oxygens (including phenoxy) is 1. The molecule has 0 spiro atoms. The predicted molar refractivity (Wildman–Crippen MR) is 74.5 cm³/mol. The molecule has 3 nitrogen and oxygen atoms in total. The topological polar surface area (TPSA) is 46.5 Å². The van der Waals surface area contributed by atoms with Gasteiger partial charge in [-0.2, -0.15) is 0 Å². The first-order valence-corrected chi connectivity index (χ1v) is 7.16. The van der Waals surface area contributed by atoms with Gasteiger partial charge in [0.15, 0.2) is 0 Å². The number of carbonyl (C=O) groups excluding carboxylic acids is 1. The number of hydrogen-bond acceptors (Lipinski definition) is 3. The smallest absolute Gasteiger partial charge is 0.333 e. The summed E-state index contributed by atoms with van der Waals surface area (Å²) in [5.74, 6) is 0.849. The van der Waals surface area contributed by atoms with Gasteiger partial charge in [-0.3, -0.25) is 0 Å². The largest absolute Gasteiger partial charge is 0.466 e. The Labute approximate surface area is 115 Å². The average molecular weight is 264 g/mol. The fraction of sp³-hybridized carbons (Fsp3) is 0.688. The summed E-state index contributed by atoms with van der Waals surface area (Å²) in [6, 6.07) is 0. The molecule has 19 heavy (non-hydrogen) atoms. The van der Waals surface area contributed by atoms with Crippen molar-refractivity contribution in [3.05, 3.63) is 22.8 Å². The molecule has 0 heterocycles. The predicted octanol–water partition coefficient (Wildman–Crippen LogP) is 2.85. The van der Waals surface area contributed by atoms with Gasteiger partial charge in [-0.05, 0) is 44.4 Å². The Morgan fingerprint density at radius 3 is 2.84 bits per heavy atom. The highest BCUT2D eigenvalue weighted by Crippen LogP contribution is 2.44. The number of hydrogen-bond donors (Lipinski definition) is 1. The van der Waals surface area contributed by atoms with Crippen LogP contribution in [0.5, 0.6) is 0 Å². The quantitative estimate of drug-likeness (QED) is 0.630. The van der Waals surface area contributed by atoms with Crippen LogP contribution >= 0.6 is 0 Å². The van der Waals surface area contributed by atoms with Crippen molar-refractivity contribution in [1.82, 2.24) is 0 Å². The lowest BCUT2D eigenvalue weighted by Gasteiger charge is -2.39. The zero-order valence-electron chi connectivity index (χ0n) is 12.1. The first kappa shape index (κ1) is 14.3. The van der Waals surface area contributed by atoms with Gasteiger partial charge in [-0.25, -0.2) is 4.79 Å². The molecular formula is C16H24O3. The highest BCUT2D eigenvalue weighted by atomic mass is 16.5. The van der Waals surface area contributed by atoms with E-state index in [4.69, 9.17) is 4.74 Å². The number of aliphatic hydroxyl groups excluding tert-OH is 1. The van der Waals surface area contributed by atoms with E-state index < -0.39 is 0 Å². The molecule has 0 radical (unpaired) electrons. The lowest BCUT2D eigenvalue weighted by Crippen LogP contribution is -2.31. The monoisotopic (exact) mass is 264 g/mol. The van der Waals surface area contributed by atoms with Gasteiger partial charge in [0.2, 0.25) is 0 Å². The van der Waals surface area contributed by atoms with Gasteiger partial charge in [0.25, 0.3) is 0 Å². The van der Waals surface area contributed by atoms with Crippen molar-refractivity contribution < 1.29 is 14.6 Å². The summed E-state index contributed by atoms with van der Waals surface area (Å²) in [6.45, 7) is 4.53. The fourth-order valence-electron chi connectivity index (χ4n) is 3.51. The van der Waals surface area contributed by atoms with Crippen LogP contribution in [0.4, 0.5) is 0 Å². The normalized spacial score (nSPS) is 28.5. The Morgan fingerprint density at radius 2 is 2.21 bits per heavy atom. The second-order valence-electron chi connectivity index (χ2n) is 5.88. The molecule has 0 aromatic rings. The number of esters is 1. The molecule has 0 saturated heterocycles. The number of methoxy groups -OCH3 is 1. The minimum absolute atomic E-state index is 0.197. The van der Waals surface area contributed by atoms with E-state index in [-0.39, 0.29) is 18.5 Å². The Morgan fingerprint density at radius 1 is 1.47 bits per heavy atom. The molecule has 0 aliphatic heterocycles. The second kappa shape index (κ2) is 5.91. The van der Waals surface area contributed by atoms with Crippen LogP contribution in [-0.4, -0.2) is 24.8 Å². The van der Waals surface area contributed by atoms with Crippen LogP contribution in [0.1, 0.15) is 39.5 Å². The van der Waals surface area contributed by atoms with Crippen LogP contribution in [0.2, 0.25) is 0 Å². The molecule has 0 aromatic carbocycles. The number of fused-ring (bicyclic) bond motifs is 1. The zero-order valence-corrected chi connectivity index (χ0v) is 12.1. The Hall–Kier alpha value is -1.09. The van der Waals surface area contributed by atoms with Crippen molar-refractivity contribution in [2.75, 3.05) is 13.7 Å². The molecule has 3 atom stereocenters.